The molecule has 0 N–H and O–H groups in total. The lowest BCUT2D eigenvalue weighted by Gasteiger charge is -2.38. The molecular formula is C20H28N4O4. The first-order chi connectivity index (χ1) is 13.6. The Morgan fingerprint density at radius 1 is 1.29 bits per heavy atom. The summed E-state index contributed by atoms with van der Waals surface area (Å²) in [6.07, 6.45) is 5.01. The number of furan rings is 1. The molecule has 2 aromatic heterocycles. The van der Waals surface area contributed by atoms with Crippen LogP contribution in [0.1, 0.15) is 39.0 Å². The smallest absolute Gasteiger partial charge is 0.238 e. The summed E-state index contributed by atoms with van der Waals surface area (Å²) >= 11 is 0. The van der Waals surface area contributed by atoms with E-state index in [1.165, 1.54) is 0 Å². The fourth-order valence-corrected chi connectivity index (χ4v) is 4.31. The van der Waals surface area contributed by atoms with Gasteiger partial charge in [-0.05, 0) is 38.8 Å². The summed E-state index contributed by atoms with van der Waals surface area (Å²) in [5.74, 6) is 1.61. The number of rotatable bonds is 6. The van der Waals surface area contributed by atoms with Gasteiger partial charge in [-0.1, -0.05) is 5.16 Å². The number of hydrogen-bond donors (Lipinski definition) is 0. The lowest BCUT2D eigenvalue weighted by molar-refractivity contribution is -0.133. The molecule has 4 heterocycles. The van der Waals surface area contributed by atoms with E-state index >= 15 is 0 Å². The summed E-state index contributed by atoms with van der Waals surface area (Å²) in [6, 6.07) is 3.84. The van der Waals surface area contributed by atoms with Gasteiger partial charge in [0.1, 0.15) is 0 Å². The minimum absolute atomic E-state index is 0.162. The van der Waals surface area contributed by atoms with Crippen LogP contribution in [0.25, 0.3) is 11.6 Å². The molecule has 1 amide bonds. The number of aromatic nitrogens is 2. The normalized spacial score (nSPS) is 26.1. The van der Waals surface area contributed by atoms with Crippen molar-refractivity contribution in [3.8, 4) is 11.6 Å². The van der Waals surface area contributed by atoms with E-state index in [0.717, 1.165) is 39.0 Å². The third-order valence-corrected chi connectivity index (χ3v) is 5.42. The second-order valence-corrected chi connectivity index (χ2v) is 7.85. The van der Waals surface area contributed by atoms with Crippen molar-refractivity contribution in [1.82, 2.24) is 19.9 Å². The Morgan fingerprint density at radius 3 is 2.86 bits per heavy atom. The summed E-state index contributed by atoms with van der Waals surface area (Å²) in [6.45, 7) is 7.84. The summed E-state index contributed by atoms with van der Waals surface area (Å²) < 4.78 is 16.3. The van der Waals surface area contributed by atoms with Crippen LogP contribution < -0.4 is 0 Å². The molecule has 0 aliphatic carbocycles. The van der Waals surface area contributed by atoms with Gasteiger partial charge in [0, 0.05) is 45.1 Å². The van der Waals surface area contributed by atoms with Gasteiger partial charge >= 0.3 is 0 Å². The Balaban J connectivity index is 1.30. The monoisotopic (exact) mass is 388 g/mol. The Labute approximate surface area is 164 Å². The molecule has 8 heteroatoms. The van der Waals surface area contributed by atoms with Crippen molar-refractivity contribution < 1.29 is 18.5 Å². The summed E-state index contributed by atoms with van der Waals surface area (Å²) in [5.41, 5.74) is 0. The number of carbonyl (C=O) groups is 1. The summed E-state index contributed by atoms with van der Waals surface area (Å²) in [4.78, 5) is 21.6. The zero-order chi connectivity index (χ0) is 19.5. The van der Waals surface area contributed by atoms with Crippen molar-refractivity contribution in [3.05, 3.63) is 24.3 Å². The number of morpholine rings is 1. The van der Waals surface area contributed by atoms with Crippen molar-refractivity contribution >= 4 is 5.91 Å². The number of ether oxygens (including phenoxy) is 1. The molecular weight excluding hydrogens is 360 g/mol. The maximum Gasteiger partial charge on any atom is 0.238 e. The molecule has 2 saturated heterocycles. The van der Waals surface area contributed by atoms with E-state index in [4.69, 9.17) is 13.7 Å². The lowest BCUT2D eigenvalue weighted by Crippen LogP contribution is -2.50. The number of amides is 1. The zero-order valence-corrected chi connectivity index (χ0v) is 16.5. The van der Waals surface area contributed by atoms with Crippen LogP contribution in [0.15, 0.2) is 27.3 Å². The van der Waals surface area contributed by atoms with Crippen LogP contribution in [-0.4, -0.2) is 70.3 Å². The third kappa shape index (κ3) is 4.44. The van der Waals surface area contributed by atoms with Crippen LogP contribution >= 0.6 is 0 Å². The first-order valence-corrected chi connectivity index (χ1v) is 10.1. The van der Waals surface area contributed by atoms with E-state index in [1.807, 2.05) is 4.90 Å². The molecule has 8 nitrogen and oxygen atoms in total. The number of aryl methyl sites for hydroxylation is 1. The van der Waals surface area contributed by atoms with Crippen molar-refractivity contribution in [2.24, 2.45) is 0 Å². The summed E-state index contributed by atoms with van der Waals surface area (Å²) in [7, 11) is 0. The van der Waals surface area contributed by atoms with Gasteiger partial charge in [-0.25, -0.2) is 0 Å². The molecule has 2 aromatic rings. The van der Waals surface area contributed by atoms with E-state index < -0.39 is 0 Å². The highest BCUT2D eigenvalue weighted by Crippen LogP contribution is 2.22. The molecule has 0 aromatic carbocycles. The van der Waals surface area contributed by atoms with Gasteiger partial charge in [-0.15, -0.1) is 0 Å². The predicted molar refractivity (Wildman–Crippen MR) is 102 cm³/mol. The van der Waals surface area contributed by atoms with Crippen molar-refractivity contribution in [3.63, 3.8) is 0 Å². The second-order valence-electron chi connectivity index (χ2n) is 7.85. The zero-order valence-electron chi connectivity index (χ0n) is 16.5. The quantitative estimate of drug-likeness (QED) is 0.751. The van der Waals surface area contributed by atoms with E-state index in [1.54, 1.807) is 18.4 Å². The van der Waals surface area contributed by atoms with Gasteiger partial charge in [-0.2, -0.15) is 4.98 Å². The van der Waals surface area contributed by atoms with Crippen LogP contribution in [0.3, 0.4) is 0 Å². The van der Waals surface area contributed by atoms with Gasteiger partial charge in [0.2, 0.25) is 17.6 Å². The third-order valence-electron chi connectivity index (χ3n) is 5.42. The standard InChI is InChI=1S/C20H28N4O4/c1-14-11-23(12-15(2)27-14)13-16-5-3-9-24(16)19(25)8-7-18-21-20(22-28-18)17-6-4-10-26-17/h4,6,10,14-16H,3,5,7-9,11-13H2,1-2H3. The number of nitrogens with zero attached hydrogens (tertiary/aromatic N) is 4. The second kappa shape index (κ2) is 8.45. The van der Waals surface area contributed by atoms with Gasteiger partial charge in [0.15, 0.2) is 5.76 Å². The highest BCUT2D eigenvalue weighted by Gasteiger charge is 2.32. The van der Waals surface area contributed by atoms with Crippen molar-refractivity contribution in [1.29, 1.82) is 0 Å². The Kier molecular flexibility index (Phi) is 5.77. The van der Waals surface area contributed by atoms with Crippen LogP contribution in [0.5, 0.6) is 0 Å². The van der Waals surface area contributed by atoms with E-state index in [9.17, 15) is 4.79 Å². The molecule has 3 unspecified atom stereocenters. The Morgan fingerprint density at radius 2 is 2.11 bits per heavy atom. The Hall–Kier alpha value is -2.19. The number of hydrogen-bond acceptors (Lipinski definition) is 7. The molecule has 0 saturated carbocycles. The minimum Gasteiger partial charge on any atom is -0.461 e. The SMILES string of the molecule is CC1CN(CC2CCCN2C(=O)CCc2nc(-c3ccco3)no2)CC(C)O1. The molecule has 4 rings (SSSR count). The first kappa shape index (κ1) is 19.1. The molecule has 28 heavy (non-hydrogen) atoms. The highest BCUT2D eigenvalue weighted by atomic mass is 16.5. The number of likely N-dealkylation sites (tertiary alicyclic amines) is 1. The fourth-order valence-electron chi connectivity index (χ4n) is 4.31. The molecule has 2 fully saturated rings. The fraction of sp³-hybridized carbons (Fsp3) is 0.650. The van der Waals surface area contributed by atoms with E-state index in [0.29, 0.717) is 30.3 Å². The van der Waals surface area contributed by atoms with Crippen LogP contribution in [-0.2, 0) is 16.0 Å². The molecule has 2 aliphatic heterocycles. The van der Waals surface area contributed by atoms with Gasteiger partial charge in [0.25, 0.3) is 0 Å². The van der Waals surface area contributed by atoms with Crippen LogP contribution in [0.2, 0.25) is 0 Å². The van der Waals surface area contributed by atoms with E-state index in [2.05, 4.69) is 28.9 Å². The summed E-state index contributed by atoms with van der Waals surface area (Å²) in [5, 5.41) is 3.92. The first-order valence-electron chi connectivity index (χ1n) is 10.1. The van der Waals surface area contributed by atoms with Crippen molar-refractivity contribution in [2.45, 2.75) is 57.8 Å². The molecule has 0 bridgehead atoms. The predicted octanol–water partition coefficient (Wildman–Crippen LogP) is 2.36. The average Bonchev–Trinajstić information content (AvgIpc) is 3.39. The largest absolute Gasteiger partial charge is 0.461 e. The molecule has 152 valence electrons. The maximum absolute atomic E-state index is 12.8. The topological polar surface area (TPSA) is 84.8 Å². The molecule has 0 spiro atoms. The van der Waals surface area contributed by atoms with Gasteiger partial charge < -0.3 is 18.6 Å². The molecule has 0 radical (unpaired) electrons. The lowest BCUT2D eigenvalue weighted by atomic mass is 10.1. The van der Waals surface area contributed by atoms with Gasteiger partial charge in [0.05, 0.1) is 18.5 Å². The minimum atomic E-state index is 0.162. The van der Waals surface area contributed by atoms with Crippen LogP contribution in [0.4, 0.5) is 0 Å². The maximum atomic E-state index is 12.8. The molecule has 3 atom stereocenters. The Bertz CT molecular complexity index is 765. The molecule has 2 aliphatic rings. The van der Waals surface area contributed by atoms with Crippen LogP contribution in [0, 0.1) is 0 Å². The highest BCUT2D eigenvalue weighted by molar-refractivity contribution is 5.77. The van der Waals surface area contributed by atoms with Crippen molar-refractivity contribution in [2.75, 3.05) is 26.2 Å². The van der Waals surface area contributed by atoms with E-state index in [-0.39, 0.29) is 24.2 Å². The number of carbonyl (C=O) groups excluding carboxylic acids is 1. The average molecular weight is 388 g/mol. The van der Waals surface area contributed by atoms with Gasteiger partial charge in [-0.3, -0.25) is 9.69 Å².